The van der Waals surface area contributed by atoms with Gasteiger partial charge in [-0.1, -0.05) is 23.8 Å². The monoisotopic (exact) mass is 500 g/mol. The molecule has 0 aliphatic carbocycles. The Morgan fingerprint density at radius 2 is 1.95 bits per heavy atom. The van der Waals surface area contributed by atoms with E-state index in [1.54, 1.807) is 15.3 Å². The number of aromatic nitrogens is 5. The molecule has 1 aromatic carbocycles. The van der Waals surface area contributed by atoms with Crippen LogP contribution < -0.4 is 10.2 Å². The van der Waals surface area contributed by atoms with Gasteiger partial charge in [0.05, 0.1) is 18.9 Å². The maximum Gasteiger partial charge on any atom is 0.272 e. The van der Waals surface area contributed by atoms with Crippen LogP contribution in [0.4, 0.5) is 5.82 Å². The van der Waals surface area contributed by atoms with Crippen LogP contribution >= 0.6 is 0 Å². The first kappa shape index (κ1) is 23.6. The number of amides is 1. The van der Waals surface area contributed by atoms with Gasteiger partial charge < -0.3 is 19.9 Å². The molecule has 2 saturated heterocycles. The smallest absolute Gasteiger partial charge is 0.272 e. The second-order valence-electron chi connectivity index (χ2n) is 9.96. The Morgan fingerprint density at radius 3 is 2.76 bits per heavy atom. The minimum Gasteiger partial charge on any atom is -0.378 e. The first-order chi connectivity index (χ1) is 18.0. The molecule has 6 rings (SSSR count). The van der Waals surface area contributed by atoms with E-state index < -0.39 is 0 Å². The number of hydrogen-bond donors (Lipinski definition) is 1. The van der Waals surface area contributed by atoms with E-state index in [9.17, 15) is 4.79 Å². The summed E-state index contributed by atoms with van der Waals surface area (Å²) in [5.41, 5.74) is 4.10. The van der Waals surface area contributed by atoms with Crippen LogP contribution in [0.3, 0.4) is 0 Å². The quantitative estimate of drug-likeness (QED) is 0.450. The van der Waals surface area contributed by atoms with Crippen LogP contribution in [0.25, 0.3) is 22.7 Å². The number of benzene rings is 1. The van der Waals surface area contributed by atoms with Gasteiger partial charge in [0.15, 0.2) is 17.2 Å². The molecule has 0 bridgehead atoms. The third kappa shape index (κ3) is 4.94. The number of carbonyl (C=O) groups excluding carboxylic acids is 1. The molecule has 0 saturated carbocycles. The Labute approximate surface area is 215 Å². The van der Waals surface area contributed by atoms with Crippen molar-refractivity contribution >= 4 is 17.4 Å². The van der Waals surface area contributed by atoms with Crippen LogP contribution in [-0.4, -0.2) is 87.7 Å². The SMILES string of the molecule is Cc1cccc(-c2ccn(-c3cc(N4CCOCC4)n4nc(C(=O)N[C@H]5CCCN(C)C5)cc4n3)n2)c1. The molecule has 2 fully saturated rings. The summed E-state index contributed by atoms with van der Waals surface area (Å²) in [6.45, 7) is 6.75. The van der Waals surface area contributed by atoms with E-state index in [0.717, 1.165) is 56.1 Å². The molecule has 0 spiro atoms. The highest BCUT2D eigenvalue weighted by Crippen LogP contribution is 2.24. The summed E-state index contributed by atoms with van der Waals surface area (Å²) in [6.07, 6.45) is 3.98. The fourth-order valence-electron chi connectivity index (χ4n) is 5.15. The molecule has 0 radical (unpaired) electrons. The van der Waals surface area contributed by atoms with Crippen LogP contribution in [0.5, 0.6) is 0 Å². The molecule has 5 heterocycles. The Hall–Kier alpha value is -3.76. The van der Waals surface area contributed by atoms with Crippen molar-refractivity contribution in [1.29, 1.82) is 0 Å². The van der Waals surface area contributed by atoms with E-state index in [4.69, 9.17) is 14.8 Å². The van der Waals surface area contributed by atoms with Gasteiger partial charge in [-0.3, -0.25) is 4.79 Å². The molecule has 10 heteroatoms. The highest BCUT2D eigenvalue weighted by molar-refractivity contribution is 5.93. The maximum absolute atomic E-state index is 13.1. The van der Waals surface area contributed by atoms with Crippen molar-refractivity contribution in [2.75, 3.05) is 51.3 Å². The van der Waals surface area contributed by atoms with Crippen molar-refractivity contribution in [3.8, 4) is 17.1 Å². The topological polar surface area (TPSA) is 92.8 Å². The Morgan fingerprint density at radius 1 is 1.08 bits per heavy atom. The third-order valence-electron chi connectivity index (χ3n) is 7.06. The largest absolute Gasteiger partial charge is 0.378 e. The number of likely N-dealkylation sites (N-methyl/N-ethyl adjacent to an activating group) is 1. The number of anilines is 1. The van der Waals surface area contributed by atoms with Gasteiger partial charge in [0.2, 0.25) is 0 Å². The highest BCUT2D eigenvalue weighted by Gasteiger charge is 2.23. The molecular weight excluding hydrogens is 468 g/mol. The number of nitrogens with zero attached hydrogens (tertiary/aromatic N) is 7. The van der Waals surface area contributed by atoms with E-state index in [0.29, 0.717) is 30.4 Å². The molecule has 3 aromatic heterocycles. The molecule has 4 aromatic rings. The lowest BCUT2D eigenvalue weighted by molar-refractivity contribution is 0.0907. The number of morpholine rings is 1. The number of hydrogen-bond acceptors (Lipinski definition) is 7. The molecule has 2 aliphatic heterocycles. The fourth-order valence-corrected chi connectivity index (χ4v) is 5.15. The molecule has 2 aliphatic rings. The lowest BCUT2D eigenvalue weighted by atomic mass is 10.1. The number of ether oxygens (including phenoxy) is 1. The van der Waals surface area contributed by atoms with Crippen LogP contribution in [0.1, 0.15) is 28.9 Å². The van der Waals surface area contributed by atoms with Gasteiger partial charge in [-0.25, -0.2) is 9.67 Å². The van der Waals surface area contributed by atoms with Crippen LogP contribution in [0.15, 0.2) is 48.7 Å². The fraction of sp³-hybridized carbons (Fsp3) is 0.407. The van der Waals surface area contributed by atoms with Crippen molar-refractivity contribution in [2.45, 2.75) is 25.8 Å². The Kier molecular flexibility index (Phi) is 6.35. The van der Waals surface area contributed by atoms with E-state index >= 15 is 0 Å². The average Bonchev–Trinajstić information content (AvgIpc) is 3.57. The van der Waals surface area contributed by atoms with Crippen molar-refractivity contribution in [3.63, 3.8) is 0 Å². The predicted octanol–water partition coefficient (Wildman–Crippen LogP) is 2.55. The van der Waals surface area contributed by atoms with Gasteiger partial charge in [0, 0.05) is 49.6 Å². The van der Waals surface area contributed by atoms with Crippen molar-refractivity contribution in [1.82, 2.24) is 34.6 Å². The number of likely N-dealkylation sites (tertiary alicyclic amines) is 1. The number of aryl methyl sites for hydroxylation is 1. The van der Waals surface area contributed by atoms with Gasteiger partial charge in [0.1, 0.15) is 5.82 Å². The molecule has 192 valence electrons. The lowest BCUT2D eigenvalue weighted by Crippen LogP contribution is -2.46. The van der Waals surface area contributed by atoms with Gasteiger partial charge in [-0.15, -0.1) is 0 Å². The first-order valence-electron chi connectivity index (χ1n) is 12.9. The van der Waals surface area contributed by atoms with Gasteiger partial charge >= 0.3 is 0 Å². The predicted molar refractivity (Wildman–Crippen MR) is 141 cm³/mol. The van der Waals surface area contributed by atoms with E-state index in [1.807, 2.05) is 24.4 Å². The standard InChI is InChI=1S/C27H32N8O2/c1-19-5-3-6-20(15-19)22-8-10-34(30-22)24-17-26(33-11-13-37-14-12-33)35-25(29-24)16-23(31-35)27(36)28-21-7-4-9-32(2)18-21/h3,5-6,8,10,15-17,21H,4,7,9,11-14,18H2,1-2H3,(H,28,36)/t21-/m0/s1. The summed E-state index contributed by atoms with van der Waals surface area (Å²) in [5, 5.41) is 12.7. The maximum atomic E-state index is 13.1. The van der Waals surface area contributed by atoms with Gasteiger partial charge in [0.25, 0.3) is 5.91 Å². The zero-order valence-electron chi connectivity index (χ0n) is 21.3. The van der Waals surface area contributed by atoms with Crippen molar-refractivity contribution in [2.24, 2.45) is 0 Å². The number of carbonyl (C=O) groups is 1. The van der Waals surface area contributed by atoms with Gasteiger partial charge in [-0.05, 0) is 45.5 Å². The molecular formula is C27H32N8O2. The second kappa shape index (κ2) is 9.95. The van der Waals surface area contributed by atoms with Crippen molar-refractivity contribution in [3.05, 3.63) is 59.9 Å². The zero-order chi connectivity index (χ0) is 25.4. The summed E-state index contributed by atoms with van der Waals surface area (Å²) in [5.74, 6) is 1.38. The lowest BCUT2D eigenvalue weighted by Gasteiger charge is -2.30. The number of rotatable bonds is 5. The third-order valence-corrected chi connectivity index (χ3v) is 7.06. The normalized spacial score (nSPS) is 18.9. The average molecular weight is 501 g/mol. The summed E-state index contributed by atoms with van der Waals surface area (Å²) >= 11 is 0. The van der Waals surface area contributed by atoms with Crippen LogP contribution in [0.2, 0.25) is 0 Å². The highest BCUT2D eigenvalue weighted by atomic mass is 16.5. The molecule has 1 N–H and O–H groups in total. The van der Waals surface area contributed by atoms with E-state index in [2.05, 4.69) is 52.4 Å². The minimum absolute atomic E-state index is 0.127. The number of piperidine rings is 1. The van der Waals surface area contributed by atoms with Gasteiger partial charge in [-0.2, -0.15) is 14.7 Å². The first-order valence-corrected chi connectivity index (χ1v) is 12.9. The molecule has 1 amide bonds. The molecule has 37 heavy (non-hydrogen) atoms. The second-order valence-corrected chi connectivity index (χ2v) is 9.96. The summed E-state index contributed by atoms with van der Waals surface area (Å²) in [7, 11) is 2.09. The number of nitrogens with one attached hydrogen (secondary N) is 1. The number of fused-ring (bicyclic) bond motifs is 1. The van der Waals surface area contributed by atoms with E-state index in [-0.39, 0.29) is 11.9 Å². The zero-order valence-corrected chi connectivity index (χ0v) is 21.3. The van der Waals surface area contributed by atoms with Crippen LogP contribution in [-0.2, 0) is 4.74 Å². The Bertz CT molecular complexity index is 1420. The van der Waals surface area contributed by atoms with Crippen LogP contribution in [0, 0.1) is 6.92 Å². The Balaban J connectivity index is 1.35. The molecule has 1 atom stereocenters. The summed E-state index contributed by atoms with van der Waals surface area (Å²) < 4.78 is 9.12. The van der Waals surface area contributed by atoms with E-state index in [1.165, 1.54) is 5.56 Å². The van der Waals surface area contributed by atoms with Crippen molar-refractivity contribution < 1.29 is 9.53 Å². The molecule has 10 nitrogen and oxygen atoms in total. The summed E-state index contributed by atoms with van der Waals surface area (Å²) in [4.78, 5) is 22.4. The summed E-state index contributed by atoms with van der Waals surface area (Å²) in [6, 6.07) is 14.2. The molecule has 0 unspecified atom stereocenters. The minimum atomic E-state index is -0.166.